The van der Waals surface area contributed by atoms with Crippen LogP contribution in [-0.4, -0.2) is 35.7 Å². The van der Waals surface area contributed by atoms with Gasteiger partial charge in [0.1, 0.15) is 0 Å². The maximum atomic E-state index is 12.0. The van der Waals surface area contributed by atoms with Gasteiger partial charge in [0, 0.05) is 6.54 Å². The van der Waals surface area contributed by atoms with Crippen molar-refractivity contribution in [3.05, 3.63) is 35.9 Å². The number of hydrogen-bond acceptors (Lipinski definition) is 4. The van der Waals surface area contributed by atoms with Crippen molar-refractivity contribution in [3.8, 4) is 0 Å². The van der Waals surface area contributed by atoms with Crippen LogP contribution in [0.25, 0.3) is 0 Å². The molecule has 2 rings (SSSR count). The van der Waals surface area contributed by atoms with E-state index in [-0.39, 0.29) is 12.5 Å². The van der Waals surface area contributed by atoms with Gasteiger partial charge in [-0.1, -0.05) is 30.3 Å². The fourth-order valence-electron chi connectivity index (χ4n) is 2.19. The van der Waals surface area contributed by atoms with Crippen molar-refractivity contribution in [2.75, 3.05) is 7.11 Å². The Balaban J connectivity index is 2.27. The lowest BCUT2D eigenvalue weighted by Crippen LogP contribution is -2.41. The fraction of sp³-hybridized carbons (Fsp3) is 0.357. The third-order valence-corrected chi connectivity index (χ3v) is 3.28. The molecule has 1 heterocycles. The van der Waals surface area contributed by atoms with E-state index in [2.05, 4.69) is 4.74 Å². The van der Waals surface area contributed by atoms with Crippen molar-refractivity contribution in [2.45, 2.75) is 19.5 Å². The summed E-state index contributed by atoms with van der Waals surface area (Å²) >= 11 is 0. The SMILES string of the molecule is COC(=O)[C@H]1C(=O)[C@H](C)C(=O)N1Cc1ccccc1. The zero-order valence-corrected chi connectivity index (χ0v) is 10.8. The standard InChI is InChI=1S/C14H15NO4/c1-9-12(16)11(14(18)19-2)15(13(9)17)8-10-6-4-3-5-7-10/h3-7,9,11H,8H2,1-2H3/t9-,11+/m0/s1. The molecular formula is C14H15NO4. The molecule has 0 spiro atoms. The van der Waals surface area contributed by atoms with Gasteiger partial charge < -0.3 is 9.64 Å². The van der Waals surface area contributed by atoms with Gasteiger partial charge in [0.25, 0.3) is 0 Å². The number of nitrogens with zero attached hydrogens (tertiary/aromatic N) is 1. The summed E-state index contributed by atoms with van der Waals surface area (Å²) in [5.41, 5.74) is 0.867. The van der Waals surface area contributed by atoms with Gasteiger partial charge >= 0.3 is 5.97 Å². The number of carbonyl (C=O) groups is 3. The molecular weight excluding hydrogens is 246 g/mol. The van der Waals surface area contributed by atoms with E-state index in [4.69, 9.17) is 0 Å². The van der Waals surface area contributed by atoms with Crippen molar-refractivity contribution in [1.82, 2.24) is 4.90 Å². The third-order valence-electron chi connectivity index (χ3n) is 3.28. The van der Waals surface area contributed by atoms with Crippen molar-refractivity contribution in [1.29, 1.82) is 0 Å². The lowest BCUT2D eigenvalue weighted by atomic mass is 10.1. The molecule has 100 valence electrons. The zero-order valence-electron chi connectivity index (χ0n) is 10.8. The number of carbonyl (C=O) groups excluding carboxylic acids is 3. The Kier molecular flexibility index (Phi) is 3.64. The van der Waals surface area contributed by atoms with Crippen LogP contribution in [-0.2, 0) is 25.7 Å². The summed E-state index contributed by atoms with van der Waals surface area (Å²) in [5, 5.41) is 0. The Bertz CT molecular complexity index is 511. The molecule has 1 aromatic rings. The van der Waals surface area contributed by atoms with Crippen molar-refractivity contribution in [3.63, 3.8) is 0 Å². The smallest absolute Gasteiger partial charge is 0.336 e. The summed E-state index contributed by atoms with van der Waals surface area (Å²) in [6, 6.07) is 8.11. The molecule has 1 fully saturated rings. The van der Waals surface area contributed by atoms with Crippen LogP contribution in [0.1, 0.15) is 12.5 Å². The second-order valence-corrected chi connectivity index (χ2v) is 4.50. The number of benzene rings is 1. The monoisotopic (exact) mass is 261 g/mol. The number of rotatable bonds is 3. The molecule has 0 radical (unpaired) electrons. The number of ketones is 1. The average Bonchev–Trinajstić information content (AvgIpc) is 2.64. The molecule has 1 amide bonds. The number of esters is 1. The molecule has 0 aromatic heterocycles. The maximum Gasteiger partial charge on any atom is 0.336 e. The van der Waals surface area contributed by atoms with Gasteiger partial charge in [-0.15, -0.1) is 0 Å². The van der Waals surface area contributed by atoms with Crippen LogP contribution in [0.15, 0.2) is 30.3 Å². The lowest BCUT2D eigenvalue weighted by Gasteiger charge is -2.21. The number of ether oxygens (including phenoxy) is 1. The van der Waals surface area contributed by atoms with Gasteiger partial charge in [0.2, 0.25) is 5.91 Å². The number of methoxy groups -OCH3 is 1. The Labute approximate surface area is 111 Å². The molecule has 1 aromatic carbocycles. The molecule has 5 nitrogen and oxygen atoms in total. The van der Waals surface area contributed by atoms with E-state index in [1.54, 1.807) is 0 Å². The maximum absolute atomic E-state index is 12.0. The number of Topliss-reactive ketones (excluding diaryl/α,β-unsaturated/α-hetero) is 1. The van der Waals surface area contributed by atoms with E-state index in [9.17, 15) is 14.4 Å². The van der Waals surface area contributed by atoms with Crippen LogP contribution >= 0.6 is 0 Å². The quantitative estimate of drug-likeness (QED) is 0.595. The largest absolute Gasteiger partial charge is 0.467 e. The summed E-state index contributed by atoms with van der Waals surface area (Å²) < 4.78 is 4.62. The van der Waals surface area contributed by atoms with E-state index in [1.807, 2.05) is 30.3 Å². The van der Waals surface area contributed by atoms with Gasteiger partial charge in [0.15, 0.2) is 11.8 Å². The highest BCUT2D eigenvalue weighted by atomic mass is 16.5. The van der Waals surface area contributed by atoms with Crippen LogP contribution < -0.4 is 0 Å². The highest BCUT2D eigenvalue weighted by Gasteiger charge is 2.49. The first-order chi connectivity index (χ1) is 9.06. The highest BCUT2D eigenvalue weighted by Crippen LogP contribution is 2.24. The Morgan fingerprint density at radius 3 is 2.47 bits per heavy atom. The van der Waals surface area contributed by atoms with E-state index in [0.717, 1.165) is 5.56 Å². The van der Waals surface area contributed by atoms with Crippen LogP contribution in [0.4, 0.5) is 0 Å². The second kappa shape index (κ2) is 5.22. The Morgan fingerprint density at radius 2 is 1.89 bits per heavy atom. The van der Waals surface area contributed by atoms with E-state index < -0.39 is 23.7 Å². The molecule has 0 unspecified atom stereocenters. The molecule has 1 saturated heterocycles. The summed E-state index contributed by atoms with van der Waals surface area (Å²) in [4.78, 5) is 37.0. The number of hydrogen-bond donors (Lipinski definition) is 0. The van der Waals surface area contributed by atoms with E-state index in [1.165, 1.54) is 18.9 Å². The van der Waals surface area contributed by atoms with Gasteiger partial charge in [-0.05, 0) is 12.5 Å². The van der Waals surface area contributed by atoms with Gasteiger partial charge in [0.05, 0.1) is 13.0 Å². The van der Waals surface area contributed by atoms with E-state index in [0.29, 0.717) is 0 Å². The predicted octanol–water partition coefficient (Wildman–Crippen LogP) is 0.776. The molecule has 2 atom stereocenters. The minimum absolute atomic E-state index is 0.232. The van der Waals surface area contributed by atoms with Gasteiger partial charge in [-0.3, -0.25) is 9.59 Å². The first kappa shape index (κ1) is 13.3. The summed E-state index contributed by atoms with van der Waals surface area (Å²) in [5.74, 6) is -2.19. The molecule has 0 aliphatic carbocycles. The topological polar surface area (TPSA) is 63.7 Å². The predicted molar refractivity (Wildman–Crippen MR) is 67.0 cm³/mol. The lowest BCUT2D eigenvalue weighted by molar-refractivity contribution is -0.151. The first-order valence-electron chi connectivity index (χ1n) is 6.02. The summed E-state index contributed by atoms with van der Waals surface area (Å²) in [7, 11) is 1.21. The van der Waals surface area contributed by atoms with Crippen molar-refractivity contribution >= 4 is 17.7 Å². The minimum atomic E-state index is -1.12. The number of amides is 1. The molecule has 5 heteroatoms. The minimum Gasteiger partial charge on any atom is -0.467 e. The first-order valence-corrected chi connectivity index (χ1v) is 6.02. The third kappa shape index (κ3) is 2.36. The van der Waals surface area contributed by atoms with Crippen LogP contribution in [0.3, 0.4) is 0 Å². The second-order valence-electron chi connectivity index (χ2n) is 4.50. The Morgan fingerprint density at radius 1 is 1.26 bits per heavy atom. The van der Waals surface area contributed by atoms with Crippen molar-refractivity contribution < 1.29 is 19.1 Å². The van der Waals surface area contributed by atoms with Gasteiger partial charge in [-0.2, -0.15) is 0 Å². The van der Waals surface area contributed by atoms with Crippen molar-refractivity contribution in [2.24, 2.45) is 5.92 Å². The molecule has 0 N–H and O–H groups in total. The summed E-state index contributed by atoms with van der Waals surface area (Å²) in [6.07, 6.45) is 0. The number of likely N-dealkylation sites (tertiary alicyclic amines) is 1. The normalized spacial score (nSPS) is 22.7. The fourth-order valence-corrected chi connectivity index (χ4v) is 2.19. The summed E-state index contributed by atoms with van der Waals surface area (Å²) in [6.45, 7) is 1.75. The molecule has 0 saturated carbocycles. The molecule has 0 bridgehead atoms. The molecule has 1 aliphatic heterocycles. The zero-order chi connectivity index (χ0) is 14.0. The van der Waals surface area contributed by atoms with Gasteiger partial charge in [-0.25, -0.2) is 4.79 Å². The molecule has 1 aliphatic rings. The van der Waals surface area contributed by atoms with E-state index >= 15 is 0 Å². The Hall–Kier alpha value is -2.17. The molecule has 19 heavy (non-hydrogen) atoms. The van der Waals surface area contributed by atoms with Crippen LogP contribution in [0.5, 0.6) is 0 Å². The van der Waals surface area contributed by atoms with Crippen LogP contribution in [0, 0.1) is 5.92 Å². The van der Waals surface area contributed by atoms with Crippen LogP contribution in [0.2, 0.25) is 0 Å². The highest BCUT2D eigenvalue weighted by molar-refractivity contribution is 6.18. The average molecular weight is 261 g/mol.